The minimum Gasteiger partial charge on any atom is -0.461 e. The minimum absolute atomic E-state index is 0.0468. The van der Waals surface area contributed by atoms with Crippen molar-refractivity contribution >= 4 is 72.7 Å². The number of non-ortho nitro benzene ring substituents is 1. The second-order valence-corrected chi connectivity index (χ2v) is 32.3. The molecule has 1 fully saturated rings. The first-order valence-electron chi connectivity index (χ1n) is 42.3. The van der Waals surface area contributed by atoms with E-state index in [1.165, 1.54) is 24.3 Å². The van der Waals surface area contributed by atoms with Gasteiger partial charge in [0.25, 0.3) is 5.69 Å². The Morgan fingerprint density at radius 3 is 1.09 bits per heavy atom. The highest BCUT2D eigenvalue weighted by atomic mass is 31.2. The highest BCUT2D eigenvalue weighted by Gasteiger charge is 2.36. The van der Waals surface area contributed by atoms with E-state index >= 15 is 4.57 Å². The van der Waals surface area contributed by atoms with Gasteiger partial charge in [-0.2, -0.15) is 0 Å². The first-order chi connectivity index (χ1) is 61.7. The molecule has 4 unspecified atom stereocenters. The monoisotopic (exact) mass is 1750 g/mol. The van der Waals surface area contributed by atoms with Crippen LogP contribution in [-0.2, 0) is 149 Å². The van der Waals surface area contributed by atoms with Crippen molar-refractivity contribution in [2.45, 2.75) is 123 Å². The molecular weight excluding hydrogens is 1650 g/mol. The van der Waals surface area contributed by atoms with Crippen LogP contribution in [-0.4, -0.2) is 181 Å². The molecular formula is C97H108N7O22P. The number of benzene rings is 9. The summed E-state index contributed by atoms with van der Waals surface area (Å²) in [6.45, 7) is 1.18. The number of ketones is 2. The number of rotatable bonds is 49. The van der Waals surface area contributed by atoms with E-state index in [2.05, 4.69) is 10.4 Å². The molecule has 9 aromatic rings. The van der Waals surface area contributed by atoms with Crippen LogP contribution >= 0.6 is 7.75 Å². The quantitative estimate of drug-likeness (QED) is 0.00893. The Bertz CT molecular complexity index is 4920. The van der Waals surface area contributed by atoms with E-state index in [0.717, 1.165) is 22.3 Å². The average Bonchev–Trinajstić information content (AvgIpc) is 0.845. The SMILES string of the molecule is O=C(CCCc1ccc(C(=O)CC(CCC(=O)NC(CCOP(=O)(NC(CCC(=O)OCc2ccccc2)C(=O)OCc2ccccc2)OCc2ccc([N+](=O)[O-])cc2)C(=O)OCc2ccccc2)C(=O)OCc2ccccc2)cc1)CN1CCN(CC(=O)OCc2ccccc2)CCN(CC(=O)OCc2ccccc2)CCN(CC(=O)OCc2ccccc2)CC1. The molecule has 4 atom stereocenters. The molecule has 127 heavy (non-hydrogen) atoms. The molecule has 1 heterocycles. The summed E-state index contributed by atoms with van der Waals surface area (Å²) < 4.78 is 67.0. The normalized spacial score (nSPS) is 14.1. The summed E-state index contributed by atoms with van der Waals surface area (Å²) in [5, 5.41) is 16.9. The van der Waals surface area contributed by atoms with Crippen molar-refractivity contribution in [3.05, 3.63) is 327 Å². The van der Waals surface area contributed by atoms with Crippen LogP contribution in [0.15, 0.2) is 261 Å². The third-order valence-electron chi connectivity index (χ3n) is 20.8. The van der Waals surface area contributed by atoms with Gasteiger partial charge in [-0.3, -0.25) is 81.9 Å². The fourth-order valence-electron chi connectivity index (χ4n) is 13.5. The Kier molecular flexibility index (Phi) is 40.4. The van der Waals surface area contributed by atoms with Gasteiger partial charge < -0.3 is 38.5 Å². The minimum atomic E-state index is -4.82. The van der Waals surface area contributed by atoms with Crippen LogP contribution in [0.5, 0.6) is 0 Å². The number of hydrogen-bond donors (Lipinski definition) is 2. The van der Waals surface area contributed by atoms with Gasteiger partial charge in [-0.25, -0.2) is 14.4 Å². The molecule has 2 N–H and O–H groups in total. The molecule has 1 aliphatic rings. The van der Waals surface area contributed by atoms with Gasteiger partial charge in [0, 0.05) is 102 Å². The van der Waals surface area contributed by atoms with Gasteiger partial charge in [0.1, 0.15) is 64.1 Å². The number of carbonyl (C=O) groups excluding carboxylic acids is 10. The van der Waals surface area contributed by atoms with E-state index in [1.54, 1.807) is 146 Å². The van der Waals surface area contributed by atoms with E-state index in [0.29, 0.717) is 93.0 Å². The molecule has 0 bridgehead atoms. The van der Waals surface area contributed by atoms with Crippen LogP contribution in [0.3, 0.4) is 0 Å². The summed E-state index contributed by atoms with van der Waals surface area (Å²) in [5.41, 5.74) is 6.21. The number of nitro benzene ring substituents is 1. The number of esters is 7. The highest BCUT2D eigenvalue weighted by molar-refractivity contribution is 7.51. The smallest absolute Gasteiger partial charge is 0.406 e. The van der Waals surface area contributed by atoms with E-state index in [4.69, 9.17) is 42.2 Å². The van der Waals surface area contributed by atoms with Crippen LogP contribution in [0.1, 0.15) is 112 Å². The summed E-state index contributed by atoms with van der Waals surface area (Å²) in [4.78, 5) is 158. The van der Waals surface area contributed by atoms with Crippen molar-refractivity contribution in [3.8, 4) is 0 Å². The van der Waals surface area contributed by atoms with Crippen molar-refractivity contribution < 1.29 is 99.6 Å². The van der Waals surface area contributed by atoms with Crippen LogP contribution in [0.4, 0.5) is 5.69 Å². The largest absolute Gasteiger partial charge is 0.461 e. The van der Waals surface area contributed by atoms with Gasteiger partial charge in [0.15, 0.2) is 5.78 Å². The number of hydrogen-bond acceptors (Lipinski definition) is 26. The Morgan fingerprint density at radius 2 is 0.701 bits per heavy atom. The Labute approximate surface area is 739 Å². The lowest BCUT2D eigenvalue weighted by Crippen LogP contribution is -2.49. The predicted molar refractivity (Wildman–Crippen MR) is 470 cm³/mol. The molecule has 668 valence electrons. The lowest BCUT2D eigenvalue weighted by Gasteiger charge is -2.33. The number of aryl methyl sites for hydroxylation is 1. The van der Waals surface area contributed by atoms with Gasteiger partial charge in [0.05, 0.1) is 50.2 Å². The number of ether oxygens (including phenoxy) is 7. The van der Waals surface area contributed by atoms with Crippen LogP contribution in [0.25, 0.3) is 0 Å². The van der Waals surface area contributed by atoms with Crippen LogP contribution in [0, 0.1) is 16.0 Å². The van der Waals surface area contributed by atoms with Crippen molar-refractivity contribution in [1.29, 1.82) is 0 Å². The molecule has 0 radical (unpaired) electrons. The third-order valence-corrected chi connectivity index (χ3v) is 22.4. The van der Waals surface area contributed by atoms with E-state index < -0.39 is 117 Å². The van der Waals surface area contributed by atoms with Crippen molar-refractivity contribution in [3.63, 3.8) is 0 Å². The second kappa shape index (κ2) is 53.0. The lowest BCUT2D eigenvalue weighted by atomic mass is 9.93. The van der Waals surface area contributed by atoms with Crippen molar-refractivity contribution in [2.24, 2.45) is 5.92 Å². The van der Waals surface area contributed by atoms with Crippen LogP contribution < -0.4 is 10.4 Å². The number of amides is 1. The molecule has 0 aromatic heterocycles. The fraction of sp³-hybridized carbons (Fsp3) is 0.340. The van der Waals surface area contributed by atoms with Gasteiger partial charge in [-0.05, 0) is 87.9 Å². The maximum Gasteiger partial charge on any atom is 0.406 e. The fourth-order valence-corrected chi connectivity index (χ4v) is 15.0. The molecule has 0 spiro atoms. The predicted octanol–water partition coefficient (Wildman–Crippen LogP) is 12.8. The maximum absolute atomic E-state index is 15.2. The Morgan fingerprint density at radius 1 is 0.354 bits per heavy atom. The lowest BCUT2D eigenvalue weighted by molar-refractivity contribution is -0.384. The summed E-state index contributed by atoms with van der Waals surface area (Å²) in [6, 6.07) is 72.0. The summed E-state index contributed by atoms with van der Waals surface area (Å²) in [6.07, 6.45) is -1.14. The molecule has 29 nitrogen and oxygen atoms in total. The number of Topliss-reactive ketones (excluding diaryl/α,β-unsaturated/α-hetero) is 2. The molecule has 1 amide bonds. The molecule has 0 saturated carbocycles. The number of nitrogens with one attached hydrogen (secondary N) is 2. The molecule has 0 aliphatic carbocycles. The third kappa shape index (κ3) is 36.5. The molecule has 9 aromatic carbocycles. The summed E-state index contributed by atoms with van der Waals surface area (Å²) >= 11 is 0. The van der Waals surface area contributed by atoms with Crippen molar-refractivity contribution in [2.75, 3.05) is 85.1 Å². The summed E-state index contributed by atoms with van der Waals surface area (Å²) in [5.74, 6) is -7.15. The molecule has 30 heteroatoms. The topological polar surface area (TPSA) is 351 Å². The maximum atomic E-state index is 15.2. The average molecular weight is 1750 g/mol. The highest BCUT2D eigenvalue weighted by Crippen LogP contribution is 2.46. The second-order valence-electron chi connectivity index (χ2n) is 30.6. The molecule has 1 saturated heterocycles. The number of nitro groups is 1. The first kappa shape index (κ1) is 96.6. The summed E-state index contributed by atoms with van der Waals surface area (Å²) in [7, 11) is -4.82. The zero-order valence-corrected chi connectivity index (χ0v) is 71.8. The van der Waals surface area contributed by atoms with Gasteiger partial charge in [0.2, 0.25) is 5.91 Å². The van der Waals surface area contributed by atoms with Gasteiger partial charge in [-0.15, -0.1) is 0 Å². The molecule has 10 rings (SSSR count). The van der Waals surface area contributed by atoms with Gasteiger partial charge >= 0.3 is 49.5 Å². The first-order valence-corrected chi connectivity index (χ1v) is 43.9. The Hall–Kier alpha value is -12.6. The standard InChI is InChI=1S/C97H108N7O22P/c105-86(62-100-52-54-101(63-92(109)119-67-76-25-10-2-11-26-76)56-58-103(65-94(111)121-69-78-29-14-4-15-30-78)59-57-102(55-53-100)64-93(110)120-68-77-27-12-3-13-28-77)38-22-37-74-39-43-83(44-40-74)89(106)61-84(95(112)122-70-79-31-16-5-17-32-79)45-49-90(107)98-87(96(113)123-71-80-33-18-6-19-34-80)51-60-125-127(117,126-73-82-41-46-85(47-42-82)104(115)116)99-88(97(114)124-72-81-35-20-7-21-36-81)48-50-91(108)118-66-75-23-8-1-9-24-75/h1-21,23-36,39-44,46-47,84,87-88H,22,37-38,45,48-73H2,(H,98,107)(H,99,117). The number of carbonyl (C=O) groups is 10. The van der Waals surface area contributed by atoms with E-state index in [-0.39, 0.29) is 115 Å². The van der Waals surface area contributed by atoms with Crippen LogP contribution in [0.2, 0.25) is 0 Å². The van der Waals surface area contributed by atoms with Gasteiger partial charge in [-0.1, -0.05) is 237 Å². The zero-order chi connectivity index (χ0) is 89.6. The Balaban J connectivity index is 0.786. The zero-order valence-electron chi connectivity index (χ0n) is 70.9. The number of nitrogens with zero attached hydrogens (tertiary/aromatic N) is 5. The van der Waals surface area contributed by atoms with Crippen molar-refractivity contribution in [1.82, 2.24) is 30.0 Å². The van der Waals surface area contributed by atoms with E-state index in [1.807, 2.05) is 111 Å². The van der Waals surface area contributed by atoms with E-state index in [9.17, 15) is 58.1 Å². The molecule has 1 aliphatic heterocycles.